The zero-order valence-electron chi connectivity index (χ0n) is 14.9. The fraction of sp³-hybridized carbons (Fsp3) is 0.333. The van der Waals surface area contributed by atoms with Crippen LogP contribution in [0.25, 0.3) is 11.3 Å². The molecule has 7 nitrogen and oxygen atoms in total. The molecule has 3 N–H and O–H groups in total. The minimum atomic E-state index is -0.675. The molecule has 9 heteroatoms. The van der Waals surface area contributed by atoms with Gasteiger partial charge in [0.2, 0.25) is 17.7 Å². The van der Waals surface area contributed by atoms with Crippen LogP contribution in [0, 0.1) is 0 Å². The van der Waals surface area contributed by atoms with Crippen LogP contribution in [0.1, 0.15) is 19.8 Å². The van der Waals surface area contributed by atoms with Gasteiger partial charge >= 0.3 is 0 Å². The van der Waals surface area contributed by atoms with Crippen molar-refractivity contribution in [1.82, 2.24) is 15.6 Å². The van der Waals surface area contributed by atoms with Crippen molar-refractivity contribution in [3.8, 4) is 11.3 Å². The number of aromatic nitrogens is 1. The molecule has 2 rings (SSSR count). The van der Waals surface area contributed by atoms with Crippen molar-refractivity contribution in [2.75, 3.05) is 17.6 Å². The summed E-state index contributed by atoms with van der Waals surface area (Å²) in [6.45, 7) is 1.68. The Kier molecular flexibility index (Phi) is 8.28. The number of anilines is 1. The molecule has 3 amide bonds. The van der Waals surface area contributed by atoms with Crippen LogP contribution in [0.2, 0.25) is 0 Å². The standard InChI is InChI=1S/C18H22N4O3S2/c1-12(23)20-14(10-26)17(25)19-9-5-8-16(24)22-18-21-15(11-27-18)13-6-3-2-4-7-13/h2-4,6-7,11,14,26H,5,8-10H2,1H3,(H,19,25)(H,20,23)(H,21,22,24)/t14-/m1/s1. The molecule has 1 aromatic heterocycles. The number of nitrogens with one attached hydrogen (secondary N) is 3. The summed E-state index contributed by atoms with van der Waals surface area (Å²) in [6, 6.07) is 9.06. The van der Waals surface area contributed by atoms with Crippen molar-refractivity contribution >= 4 is 46.8 Å². The van der Waals surface area contributed by atoms with E-state index < -0.39 is 6.04 Å². The van der Waals surface area contributed by atoms with Crippen LogP contribution in [0.4, 0.5) is 5.13 Å². The van der Waals surface area contributed by atoms with E-state index in [0.29, 0.717) is 18.1 Å². The number of hydrogen-bond donors (Lipinski definition) is 4. The summed E-state index contributed by atoms with van der Waals surface area (Å²) in [5.74, 6) is -0.555. The summed E-state index contributed by atoms with van der Waals surface area (Å²) in [6.07, 6.45) is 0.736. The van der Waals surface area contributed by atoms with Gasteiger partial charge in [-0.2, -0.15) is 12.6 Å². The third kappa shape index (κ3) is 7.03. The van der Waals surface area contributed by atoms with E-state index in [-0.39, 0.29) is 29.9 Å². The Labute approximate surface area is 167 Å². The second-order valence-corrected chi connectivity index (χ2v) is 7.01. The summed E-state index contributed by atoms with van der Waals surface area (Å²) in [4.78, 5) is 39.3. The fourth-order valence-electron chi connectivity index (χ4n) is 2.28. The molecule has 1 aromatic carbocycles. The number of rotatable bonds is 9. The Morgan fingerprint density at radius 3 is 2.63 bits per heavy atom. The van der Waals surface area contributed by atoms with E-state index in [1.54, 1.807) is 0 Å². The fourth-order valence-corrected chi connectivity index (χ4v) is 3.27. The molecule has 0 saturated carbocycles. The smallest absolute Gasteiger partial charge is 0.243 e. The van der Waals surface area contributed by atoms with Crippen molar-refractivity contribution in [2.24, 2.45) is 0 Å². The van der Waals surface area contributed by atoms with Gasteiger partial charge in [-0.25, -0.2) is 4.98 Å². The van der Waals surface area contributed by atoms with Crippen LogP contribution in [0.15, 0.2) is 35.7 Å². The summed E-state index contributed by atoms with van der Waals surface area (Å²) in [7, 11) is 0. The number of carbonyl (C=O) groups is 3. The van der Waals surface area contributed by atoms with E-state index in [0.717, 1.165) is 11.3 Å². The summed E-state index contributed by atoms with van der Waals surface area (Å²) >= 11 is 5.41. The maximum atomic E-state index is 12.0. The lowest BCUT2D eigenvalue weighted by molar-refractivity contribution is -0.127. The molecule has 0 aliphatic heterocycles. The van der Waals surface area contributed by atoms with E-state index in [2.05, 4.69) is 33.6 Å². The highest BCUT2D eigenvalue weighted by Gasteiger charge is 2.17. The largest absolute Gasteiger partial charge is 0.354 e. The first-order valence-corrected chi connectivity index (χ1v) is 9.97. The summed E-state index contributed by atoms with van der Waals surface area (Å²) < 4.78 is 0. The predicted octanol–water partition coefficient (Wildman–Crippen LogP) is 2.08. The molecule has 0 fully saturated rings. The lowest BCUT2D eigenvalue weighted by Crippen LogP contribution is -2.47. The number of amides is 3. The van der Waals surface area contributed by atoms with Gasteiger partial charge in [0.1, 0.15) is 6.04 Å². The van der Waals surface area contributed by atoms with Gasteiger partial charge in [-0.05, 0) is 6.42 Å². The molecular weight excluding hydrogens is 384 g/mol. The lowest BCUT2D eigenvalue weighted by atomic mass is 10.2. The highest BCUT2D eigenvalue weighted by molar-refractivity contribution is 7.80. The average Bonchev–Trinajstić information content (AvgIpc) is 3.12. The molecule has 27 heavy (non-hydrogen) atoms. The zero-order chi connectivity index (χ0) is 19.6. The lowest BCUT2D eigenvalue weighted by Gasteiger charge is -2.15. The van der Waals surface area contributed by atoms with Gasteiger partial charge in [0.05, 0.1) is 5.69 Å². The van der Waals surface area contributed by atoms with Crippen LogP contribution in [-0.2, 0) is 14.4 Å². The Bertz CT molecular complexity index is 780. The van der Waals surface area contributed by atoms with Crippen LogP contribution in [0.5, 0.6) is 0 Å². The van der Waals surface area contributed by atoms with Crippen molar-refractivity contribution in [3.05, 3.63) is 35.7 Å². The second kappa shape index (κ2) is 10.7. The van der Waals surface area contributed by atoms with Crippen molar-refractivity contribution in [3.63, 3.8) is 0 Å². The van der Waals surface area contributed by atoms with Crippen molar-refractivity contribution < 1.29 is 14.4 Å². The number of benzene rings is 1. The first-order valence-electron chi connectivity index (χ1n) is 8.46. The molecule has 1 heterocycles. The van der Waals surface area contributed by atoms with Gasteiger partial charge in [-0.3, -0.25) is 14.4 Å². The summed E-state index contributed by atoms with van der Waals surface area (Å²) in [5, 5.41) is 10.4. The minimum absolute atomic E-state index is 0.161. The number of nitrogens with zero attached hydrogens (tertiary/aromatic N) is 1. The quantitative estimate of drug-likeness (QED) is 0.378. The molecule has 1 atom stereocenters. The van der Waals surface area contributed by atoms with E-state index in [9.17, 15) is 14.4 Å². The van der Waals surface area contributed by atoms with Gasteiger partial charge in [-0.1, -0.05) is 30.3 Å². The number of hydrogen-bond acceptors (Lipinski definition) is 6. The zero-order valence-corrected chi connectivity index (χ0v) is 16.6. The summed E-state index contributed by atoms with van der Waals surface area (Å²) in [5.41, 5.74) is 1.81. The monoisotopic (exact) mass is 406 g/mol. The van der Waals surface area contributed by atoms with Gasteiger partial charge in [-0.15, -0.1) is 11.3 Å². The normalized spacial score (nSPS) is 11.5. The molecule has 0 saturated heterocycles. The molecule has 0 aliphatic carbocycles. The van der Waals surface area contributed by atoms with Crippen LogP contribution in [-0.4, -0.2) is 41.0 Å². The maximum Gasteiger partial charge on any atom is 0.243 e. The third-order valence-corrected chi connectivity index (χ3v) is 4.70. The van der Waals surface area contributed by atoms with Gasteiger partial charge in [0.25, 0.3) is 0 Å². The number of carbonyl (C=O) groups excluding carboxylic acids is 3. The van der Waals surface area contributed by atoms with Gasteiger partial charge < -0.3 is 16.0 Å². The Morgan fingerprint density at radius 2 is 1.96 bits per heavy atom. The molecule has 144 valence electrons. The van der Waals surface area contributed by atoms with Crippen LogP contribution >= 0.6 is 24.0 Å². The topological polar surface area (TPSA) is 100 Å². The first kappa shape index (κ1) is 20.9. The molecule has 0 bridgehead atoms. The van der Waals surface area contributed by atoms with E-state index >= 15 is 0 Å². The molecular formula is C18H22N4O3S2. The highest BCUT2D eigenvalue weighted by atomic mass is 32.1. The predicted molar refractivity (Wildman–Crippen MR) is 110 cm³/mol. The van der Waals surface area contributed by atoms with E-state index in [1.165, 1.54) is 18.3 Å². The van der Waals surface area contributed by atoms with E-state index in [1.807, 2.05) is 35.7 Å². The first-order chi connectivity index (χ1) is 13.0. The SMILES string of the molecule is CC(=O)N[C@H](CS)C(=O)NCCCC(=O)Nc1nc(-c2ccccc2)cs1. The minimum Gasteiger partial charge on any atom is -0.354 e. The van der Waals surface area contributed by atoms with E-state index in [4.69, 9.17) is 0 Å². The van der Waals surface area contributed by atoms with Crippen molar-refractivity contribution in [2.45, 2.75) is 25.8 Å². The second-order valence-electron chi connectivity index (χ2n) is 5.78. The molecule has 0 unspecified atom stereocenters. The van der Waals surface area contributed by atoms with Crippen molar-refractivity contribution in [1.29, 1.82) is 0 Å². The van der Waals surface area contributed by atoms with Gasteiger partial charge in [0, 0.05) is 36.6 Å². The Balaban J connectivity index is 1.71. The average molecular weight is 407 g/mol. The van der Waals surface area contributed by atoms with Crippen LogP contribution in [0.3, 0.4) is 0 Å². The van der Waals surface area contributed by atoms with Gasteiger partial charge in [0.15, 0.2) is 5.13 Å². The Morgan fingerprint density at radius 1 is 1.22 bits per heavy atom. The molecule has 0 aliphatic rings. The number of thiol groups is 1. The highest BCUT2D eigenvalue weighted by Crippen LogP contribution is 2.24. The maximum absolute atomic E-state index is 12.0. The molecule has 0 radical (unpaired) electrons. The molecule has 2 aromatic rings. The van der Waals surface area contributed by atoms with Crippen LogP contribution < -0.4 is 16.0 Å². The molecule has 0 spiro atoms. The third-order valence-electron chi connectivity index (χ3n) is 3.58. The number of thiazole rings is 1. The Hall–Kier alpha value is -2.39.